The van der Waals surface area contributed by atoms with Crippen LogP contribution in [0.25, 0.3) is 11.0 Å². The maximum Gasteiger partial charge on any atom is 0.287 e. The summed E-state index contributed by atoms with van der Waals surface area (Å²) in [6, 6.07) is 14.2. The Morgan fingerprint density at radius 2 is 2.06 bits per heavy atom. The second-order valence-electron chi connectivity index (χ2n) is 7.56. The van der Waals surface area contributed by atoms with E-state index in [1.54, 1.807) is 25.1 Å². The third-order valence-corrected chi connectivity index (χ3v) is 5.38. The number of amides is 1. The second-order valence-corrected chi connectivity index (χ2v) is 8.40. The smallest absolute Gasteiger partial charge is 0.287 e. The monoisotopic (exact) mass is 513 g/mol. The van der Waals surface area contributed by atoms with Crippen molar-refractivity contribution in [3.05, 3.63) is 81.3 Å². The van der Waals surface area contributed by atoms with Crippen molar-refractivity contribution >= 4 is 45.8 Å². The molecule has 0 aliphatic heterocycles. The predicted molar refractivity (Wildman–Crippen MR) is 130 cm³/mol. The molecule has 0 aliphatic rings. The van der Waals surface area contributed by atoms with Crippen molar-refractivity contribution < 1.29 is 19.0 Å². The van der Waals surface area contributed by atoms with Crippen molar-refractivity contribution in [3.63, 3.8) is 0 Å². The molecule has 1 amide bonds. The number of carbonyl (C=O) groups excluding carboxylic acids is 1. The van der Waals surface area contributed by atoms with Crippen LogP contribution in [0.2, 0.25) is 10.0 Å². The molecule has 1 atom stereocenters. The first-order valence-corrected chi connectivity index (χ1v) is 11.1. The van der Waals surface area contributed by atoms with Crippen LogP contribution in [0.15, 0.2) is 48.5 Å². The molecule has 4 N–H and O–H groups in total. The topological polar surface area (TPSA) is 123 Å². The number of aliphatic hydroxyl groups is 1. The summed E-state index contributed by atoms with van der Waals surface area (Å²) in [7, 11) is 0. The Morgan fingerprint density at radius 1 is 1.26 bits per heavy atom. The molecule has 0 bridgehead atoms. The third-order valence-electron chi connectivity index (χ3n) is 4.86. The molecule has 11 heteroatoms. The summed E-state index contributed by atoms with van der Waals surface area (Å²) in [5, 5.41) is 24.3. The van der Waals surface area contributed by atoms with Crippen LogP contribution >= 0.6 is 23.2 Å². The average molecular weight is 514 g/mol. The first-order valence-electron chi connectivity index (χ1n) is 10.3. The number of imidazole rings is 1. The zero-order chi connectivity index (χ0) is 25.1. The summed E-state index contributed by atoms with van der Waals surface area (Å²) in [4.78, 5) is 19.8. The minimum absolute atomic E-state index is 0.00922. The number of nitriles is 1. The molecule has 4 rings (SSSR count). The van der Waals surface area contributed by atoms with Crippen molar-refractivity contribution in [1.82, 2.24) is 15.3 Å². The molecule has 0 spiro atoms. The average Bonchev–Trinajstić information content (AvgIpc) is 3.24. The van der Waals surface area contributed by atoms with Crippen LogP contribution in [-0.2, 0) is 6.54 Å². The summed E-state index contributed by atoms with van der Waals surface area (Å²) in [5.41, 5.74) is 2.16. The van der Waals surface area contributed by atoms with Gasteiger partial charge in [0.25, 0.3) is 5.91 Å². The fourth-order valence-corrected chi connectivity index (χ4v) is 3.72. The molecule has 1 aromatic heterocycles. The van der Waals surface area contributed by atoms with Crippen molar-refractivity contribution in [2.24, 2.45) is 0 Å². The number of hydrogen-bond donors (Lipinski definition) is 4. The Labute approximate surface area is 209 Å². The highest BCUT2D eigenvalue weighted by Crippen LogP contribution is 2.35. The molecule has 0 saturated heterocycles. The van der Waals surface area contributed by atoms with E-state index in [1.165, 1.54) is 30.3 Å². The molecule has 4 aromatic rings. The maximum atomic E-state index is 15.2. The van der Waals surface area contributed by atoms with E-state index < -0.39 is 18.0 Å². The molecule has 1 unspecified atom stereocenters. The first kappa shape index (κ1) is 24.3. The standard InChI is InChI=1S/C24H18Cl2FN5O3/c1-12(33)30-16-3-5-19-20(9-16)32-23(31-19)24(34)29-11-14-2-4-18(26)22(21(14)27)35-17-7-13(10-28)6-15(25)8-17/h2-9,12,30,33H,11H2,1H3,(H,29,34)(H,31,32). The van der Waals surface area contributed by atoms with E-state index in [-0.39, 0.29) is 45.0 Å². The van der Waals surface area contributed by atoms with Crippen LogP contribution < -0.4 is 15.4 Å². The lowest BCUT2D eigenvalue weighted by atomic mass is 10.2. The van der Waals surface area contributed by atoms with Gasteiger partial charge in [0.2, 0.25) is 0 Å². The zero-order valence-corrected chi connectivity index (χ0v) is 19.7. The molecular weight excluding hydrogens is 496 g/mol. The Hall–Kier alpha value is -3.84. The number of nitrogens with zero attached hydrogens (tertiary/aromatic N) is 2. The third kappa shape index (κ3) is 5.63. The lowest BCUT2D eigenvalue weighted by molar-refractivity contribution is 0.0941. The van der Waals surface area contributed by atoms with E-state index >= 15 is 4.39 Å². The molecule has 3 aromatic carbocycles. The maximum absolute atomic E-state index is 15.2. The fraction of sp³-hybridized carbons (Fsp3) is 0.125. The van der Waals surface area contributed by atoms with Crippen molar-refractivity contribution in [2.75, 3.05) is 5.32 Å². The molecule has 1 heterocycles. The summed E-state index contributed by atoms with van der Waals surface area (Å²) in [6.45, 7) is 1.42. The highest BCUT2D eigenvalue weighted by atomic mass is 35.5. The van der Waals surface area contributed by atoms with Crippen LogP contribution in [-0.4, -0.2) is 27.2 Å². The van der Waals surface area contributed by atoms with E-state index in [1.807, 2.05) is 6.07 Å². The van der Waals surface area contributed by atoms with Crippen LogP contribution in [0.4, 0.5) is 10.1 Å². The highest BCUT2D eigenvalue weighted by Gasteiger charge is 2.18. The number of aromatic amines is 1. The van der Waals surface area contributed by atoms with Gasteiger partial charge in [0.05, 0.1) is 27.7 Å². The number of carbonyl (C=O) groups is 1. The number of ether oxygens (including phenoxy) is 1. The number of aliphatic hydroxyl groups excluding tert-OH is 1. The SMILES string of the molecule is CC(O)Nc1ccc2nc(C(=O)NCc3ccc(Cl)c(Oc4cc(Cl)cc(C#N)c4)c3F)[nH]c2c1. The van der Waals surface area contributed by atoms with Gasteiger partial charge in [-0.1, -0.05) is 29.3 Å². The molecule has 8 nitrogen and oxygen atoms in total. The summed E-state index contributed by atoms with van der Waals surface area (Å²) in [5.74, 6) is -1.39. The number of rotatable bonds is 7. The zero-order valence-electron chi connectivity index (χ0n) is 18.2. The summed E-state index contributed by atoms with van der Waals surface area (Å²) in [6.07, 6.45) is -0.742. The number of benzene rings is 3. The van der Waals surface area contributed by atoms with E-state index in [0.717, 1.165) is 0 Å². The van der Waals surface area contributed by atoms with E-state index in [4.69, 9.17) is 33.2 Å². The van der Waals surface area contributed by atoms with Crippen molar-refractivity contribution in [2.45, 2.75) is 19.7 Å². The Balaban J connectivity index is 1.50. The Morgan fingerprint density at radius 3 is 2.80 bits per heavy atom. The minimum atomic E-state index is -0.769. The van der Waals surface area contributed by atoms with Crippen molar-refractivity contribution in [1.29, 1.82) is 5.26 Å². The summed E-state index contributed by atoms with van der Waals surface area (Å²) < 4.78 is 20.7. The quantitative estimate of drug-likeness (QED) is 0.247. The van der Waals surface area contributed by atoms with Crippen LogP contribution in [0.3, 0.4) is 0 Å². The number of nitrogens with one attached hydrogen (secondary N) is 3. The lowest BCUT2D eigenvalue weighted by Crippen LogP contribution is -2.24. The van der Waals surface area contributed by atoms with Crippen LogP contribution in [0.5, 0.6) is 11.5 Å². The fourth-order valence-electron chi connectivity index (χ4n) is 3.31. The van der Waals surface area contributed by atoms with Gasteiger partial charge >= 0.3 is 0 Å². The largest absolute Gasteiger partial charge is 0.453 e. The molecule has 35 heavy (non-hydrogen) atoms. The minimum Gasteiger partial charge on any atom is -0.453 e. The Kier molecular flexibility index (Phi) is 7.07. The van der Waals surface area contributed by atoms with Gasteiger partial charge in [0.15, 0.2) is 17.4 Å². The van der Waals surface area contributed by atoms with Crippen LogP contribution in [0.1, 0.15) is 28.7 Å². The number of anilines is 1. The molecule has 0 aliphatic carbocycles. The van der Waals surface area contributed by atoms with Crippen molar-refractivity contribution in [3.8, 4) is 17.6 Å². The second kappa shape index (κ2) is 10.2. The number of H-pyrrole nitrogens is 1. The van der Waals surface area contributed by atoms with E-state index in [9.17, 15) is 9.90 Å². The molecule has 0 radical (unpaired) electrons. The van der Waals surface area contributed by atoms with Gasteiger partial charge in [0.1, 0.15) is 12.0 Å². The van der Waals surface area contributed by atoms with E-state index in [0.29, 0.717) is 16.7 Å². The van der Waals surface area contributed by atoms with Gasteiger partial charge in [-0.25, -0.2) is 9.37 Å². The number of hydrogen-bond acceptors (Lipinski definition) is 6. The lowest BCUT2D eigenvalue weighted by Gasteiger charge is -2.13. The van der Waals surface area contributed by atoms with Gasteiger partial charge in [-0.05, 0) is 49.4 Å². The van der Waals surface area contributed by atoms with Gasteiger partial charge < -0.3 is 25.5 Å². The first-order chi connectivity index (χ1) is 16.7. The van der Waals surface area contributed by atoms with Gasteiger partial charge in [-0.3, -0.25) is 4.79 Å². The molecule has 0 fully saturated rings. The summed E-state index contributed by atoms with van der Waals surface area (Å²) >= 11 is 12.1. The van der Waals surface area contributed by atoms with E-state index in [2.05, 4.69) is 20.6 Å². The molecule has 178 valence electrons. The van der Waals surface area contributed by atoms with Gasteiger partial charge in [-0.15, -0.1) is 0 Å². The van der Waals surface area contributed by atoms with Crippen LogP contribution in [0, 0.1) is 17.1 Å². The Bertz CT molecular complexity index is 1470. The van der Waals surface area contributed by atoms with Gasteiger partial charge in [-0.2, -0.15) is 5.26 Å². The number of halogens is 3. The number of aromatic nitrogens is 2. The number of fused-ring (bicyclic) bond motifs is 1. The molecule has 0 saturated carbocycles. The predicted octanol–water partition coefficient (Wildman–Crippen LogP) is 5.35. The van der Waals surface area contributed by atoms with Gasteiger partial charge in [0, 0.05) is 22.8 Å². The highest BCUT2D eigenvalue weighted by molar-refractivity contribution is 6.32. The molecular formula is C24H18Cl2FN5O3. The normalized spacial score (nSPS) is 11.7.